The molecule has 1 aromatic carbocycles. The van der Waals surface area contributed by atoms with Crippen molar-refractivity contribution in [3.8, 4) is 0 Å². The summed E-state index contributed by atoms with van der Waals surface area (Å²) in [7, 11) is 0. The molecule has 0 fully saturated rings. The molecule has 0 amide bonds. The Hall–Kier alpha value is -0.820. The molecule has 0 heterocycles. The van der Waals surface area contributed by atoms with E-state index in [9.17, 15) is 0 Å². The van der Waals surface area contributed by atoms with Crippen LogP contribution in [0.15, 0.2) is 18.2 Å². The average molecular weight is 205 g/mol. The molecular weight excluding hydrogens is 182 g/mol. The number of benzene rings is 1. The lowest BCUT2D eigenvalue weighted by Gasteiger charge is -2.12. The summed E-state index contributed by atoms with van der Waals surface area (Å²) in [6.45, 7) is 11.0. The molecule has 0 spiro atoms. The maximum absolute atomic E-state index is 3.39. The van der Waals surface area contributed by atoms with E-state index in [-0.39, 0.29) is 0 Å². The molecule has 1 aromatic rings. The van der Waals surface area contributed by atoms with Gasteiger partial charge in [-0.1, -0.05) is 32.0 Å². The van der Waals surface area contributed by atoms with Crippen molar-refractivity contribution >= 4 is 0 Å². The molecule has 0 radical (unpaired) electrons. The van der Waals surface area contributed by atoms with Gasteiger partial charge in [0.25, 0.3) is 0 Å². The molecule has 15 heavy (non-hydrogen) atoms. The molecule has 0 aliphatic heterocycles. The smallest absolute Gasteiger partial charge is 0.00201 e. The fraction of sp³-hybridized carbons (Fsp3) is 0.571. The molecule has 1 heteroatoms. The summed E-state index contributed by atoms with van der Waals surface area (Å²) in [6.07, 6.45) is 1.17. The first kappa shape index (κ1) is 12.3. The summed E-state index contributed by atoms with van der Waals surface area (Å²) in [5.41, 5.74) is 4.25. The minimum absolute atomic E-state index is 0.715. The lowest BCUT2D eigenvalue weighted by molar-refractivity contribution is 0.521. The number of aryl methyl sites for hydroxylation is 2. The third-order valence-corrected chi connectivity index (χ3v) is 2.90. The number of nitrogens with one attached hydrogen (secondary N) is 1. The Labute approximate surface area is 93.9 Å². The zero-order chi connectivity index (χ0) is 11.3. The van der Waals surface area contributed by atoms with Gasteiger partial charge in [-0.2, -0.15) is 0 Å². The molecule has 1 nitrogen and oxygen atoms in total. The Morgan fingerprint density at radius 2 is 1.93 bits per heavy atom. The molecule has 0 aliphatic carbocycles. The monoisotopic (exact) mass is 205 g/mol. The Morgan fingerprint density at radius 1 is 1.20 bits per heavy atom. The van der Waals surface area contributed by atoms with Crippen molar-refractivity contribution in [2.45, 2.75) is 34.1 Å². The Balaban J connectivity index is 2.53. The first-order valence-corrected chi connectivity index (χ1v) is 5.90. The third-order valence-electron chi connectivity index (χ3n) is 2.90. The van der Waals surface area contributed by atoms with Crippen LogP contribution in [-0.2, 0) is 6.42 Å². The minimum atomic E-state index is 0.715. The second-order valence-electron chi connectivity index (χ2n) is 4.54. The fourth-order valence-corrected chi connectivity index (χ4v) is 1.80. The maximum atomic E-state index is 3.39. The average Bonchev–Trinajstić information content (AvgIpc) is 2.20. The lowest BCUT2D eigenvalue weighted by Crippen LogP contribution is -2.21. The topological polar surface area (TPSA) is 12.0 Å². The minimum Gasteiger partial charge on any atom is -0.317 e. The molecule has 1 N–H and O–H groups in total. The highest BCUT2D eigenvalue weighted by Gasteiger charge is 2.03. The predicted molar refractivity (Wildman–Crippen MR) is 67.3 cm³/mol. The zero-order valence-corrected chi connectivity index (χ0v) is 10.4. The number of rotatable bonds is 5. The van der Waals surface area contributed by atoms with Gasteiger partial charge in [0.2, 0.25) is 0 Å². The lowest BCUT2D eigenvalue weighted by atomic mass is 9.98. The highest BCUT2D eigenvalue weighted by atomic mass is 14.8. The van der Waals surface area contributed by atoms with Crippen LogP contribution in [0.4, 0.5) is 0 Å². The standard InChI is InChI=1S/C14H23N/c1-5-15-10-11(2)8-14-7-6-12(3)13(4)9-14/h6-7,9,11,15H,5,8,10H2,1-4H3. The van der Waals surface area contributed by atoms with Crippen molar-refractivity contribution in [3.05, 3.63) is 34.9 Å². The summed E-state index contributed by atoms with van der Waals surface area (Å²) < 4.78 is 0. The van der Waals surface area contributed by atoms with E-state index >= 15 is 0 Å². The zero-order valence-electron chi connectivity index (χ0n) is 10.4. The van der Waals surface area contributed by atoms with Crippen LogP contribution in [-0.4, -0.2) is 13.1 Å². The van der Waals surface area contributed by atoms with E-state index < -0.39 is 0 Å². The van der Waals surface area contributed by atoms with Crippen LogP contribution in [0.2, 0.25) is 0 Å². The van der Waals surface area contributed by atoms with E-state index in [1.54, 1.807) is 0 Å². The van der Waals surface area contributed by atoms with Crippen molar-refractivity contribution in [2.75, 3.05) is 13.1 Å². The second-order valence-corrected chi connectivity index (χ2v) is 4.54. The molecule has 84 valence electrons. The van der Waals surface area contributed by atoms with Crippen molar-refractivity contribution in [2.24, 2.45) is 5.92 Å². The van der Waals surface area contributed by atoms with Gasteiger partial charge in [-0.25, -0.2) is 0 Å². The highest BCUT2D eigenvalue weighted by molar-refractivity contribution is 5.30. The van der Waals surface area contributed by atoms with E-state index in [0.29, 0.717) is 5.92 Å². The van der Waals surface area contributed by atoms with E-state index in [1.165, 1.54) is 23.1 Å². The molecule has 1 rings (SSSR count). The normalized spacial score (nSPS) is 12.8. The van der Waals surface area contributed by atoms with E-state index in [4.69, 9.17) is 0 Å². The Kier molecular flexibility index (Phi) is 4.83. The van der Waals surface area contributed by atoms with E-state index in [0.717, 1.165) is 13.1 Å². The maximum Gasteiger partial charge on any atom is -0.00201 e. The van der Waals surface area contributed by atoms with E-state index in [1.807, 2.05) is 0 Å². The number of hydrogen-bond donors (Lipinski definition) is 1. The van der Waals surface area contributed by atoms with Crippen LogP contribution >= 0.6 is 0 Å². The first-order valence-electron chi connectivity index (χ1n) is 5.90. The molecule has 0 saturated heterocycles. The summed E-state index contributed by atoms with van der Waals surface area (Å²) in [4.78, 5) is 0. The van der Waals surface area contributed by atoms with Crippen molar-refractivity contribution in [1.29, 1.82) is 0 Å². The summed E-state index contributed by atoms with van der Waals surface area (Å²) >= 11 is 0. The summed E-state index contributed by atoms with van der Waals surface area (Å²) in [5, 5.41) is 3.39. The highest BCUT2D eigenvalue weighted by Crippen LogP contribution is 2.13. The fourth-order valence-electron chi connectivity index (χ4n) is 1.80. The van der Waals surface area contributed by atoms with Crippen LogP contribution in [0.25, 0.3) is 0 Å². The SMILES string of the molecule is CCNCC(C)Cc1ccc(C)c(C)c1. The molecule has 0 bridgehead atoms. The van der Waals surface area contributed by atoms with Gasteiger partial charge >= 0.3 is 0 Å². The Bertz CT molecular complexity index is 304. The van der Waals surface area contributed by atoms with Gasteiger partial charge in [-0.05, 0) is 56.0 Å². The van der Waals surface area contributed by atoms with E-state index in [2.05, 4.69) is 51.2 Å². The molecule has 0 aliphatic rings. The van der Waals surface area contributed by atoms with Crippen LogP contribution in [0.1, 0.15) is 30.5 Å². The van der Waals surface area contributed by atoms with Gasteiger partial charge in [0, 0.05) is 0 Å². The van der Waals surface area contributed by atoms with Gasteiger partial charge in [-0.3, -0.25) is 0 Å². The Morgan fingerprint density at radius 3 is 2.53 bits per heavy atom. The summed E-state index contributed by atoms with van der Waals surface area (Å²) in [6, 6.07) is 6.80. The molecular formula is C14H23N. The van der Waals surface area contributed by atoms with Crippen molar-refractivity contribution in [1.82, 2.24) is 5.32 Å². The van der Waals surface area contributed by atoms with Gasteiger partial charge in [-0.15, -0.1) is 0 Å². The third kappa shape index (κ3) is 4.05. The number of hydrogen-bond acceptors (Lipinski definition) is 1. The largest absolute Gasteiger partial charge is 0.317 e. The van der Waals surface area contributed by atoms with Crippen molar-refractivity contribution < 1.29 is 0 Å². The summed E-state index contributed by atoms with van der Waals surface area (Å²) in [5.74, 6) is 0.715. The van der Waals surface area contributed by atoms with Crippen LogP contribution in [0.5, 0.6) is 0 Å². The molecule has 1 unspecified atom stereocenters. The quantitative estimate of drug-likeness (QED) is 0.779. The van der Waals surface area contributed by atoms with Gasteiger partial charge < -0.3 is 5.32 Å². The van der Waals surface area contributed by atoms with Crippen LogP contribution in [0.3, 0.4) is 0 Å². The first-order chi connectivity index (χ1) is 7.13. The van der Waals surface area contributed by atoms with Crippen LogP contribution in [0, 0.1) is 19.8 Å². The van der Waals surface area contributed by atoms with Gasteiger partial charge in [0.15, 0.2) is 0 Å². The van der Waals surface area contributed by atoms with Crippen LogP contribution < -0.4 is 5.32 Å². The second kappa shape index (κ2) is 5.92. The predicted octanol–water partition coefficient (Wildman–Crippen LogP) is 3.09. The molecule has 0 saturated carbocycles. The molecule has 1 atom stereocenters. The van der Waals surface area contributed by atoms with Crippen molar-refractivity contribution in [3.63, 3.8) is 0 Å². The van der Waals surface area contributed by atoms with Gasteiger partial charge in [0.05, 0.1) is 0 Å². The molecule has 0 aromatic heterocycles. The van der Waals surface area contributed by atoms with Gasteiger partial charge in [0.1, 0.15) is 0 Å².